The second kappa shape index (κ2) is 9.18. The van der Waals surface area contributed by atoms with E-state index in [1.165, 1.54) is 42.5 Å². The standard InChI is InChI=1S/C23H25N5S2/c1-2-6-20(7-3-1)28-22(16-21-8-4-15-29-21)25-26-23(28)30-17-18-9-11-19(12-10-18)27-14-5-13-24-27/h4-5,8-15,20H,1-3,6-7,16-17H2. The van der Waals surface area contributed by atoms with Gasteiger partial charge in [-0.2, -0.15) is 5.10 Å². The summed E-state index contributed by atoms with van der Waals surface area (Å²) in [6, 6.07) is 15.4. The molecule has 0 radical (unpaired) electrons. The molecule has 0 bridgehead atoms. The normalized spacial score (nSPS) is 14.9. The molecule has 0 N–H and O–H groups in total. The van der Waals surface area contributed by atoms with Crippen molar-refractivity contribution in [1.82, 2.24) is 24.5 Å². The third-order valence-corrected chi connectivity index (χ3v) is 7.55. The lowest BCUT2D eigenvalue weighted by Crippen LogP contribution is -2.16. The highest BCUT2D eigenvalue weighted by atomic mass is 32.2. The van der Waals surface area contributed by atoms with Gasteiger partial charge in [-0.15, -0.1) is 21.5 Å². The molecule has 5 nitrogen and oxygen atoms in total. The molecule has 3 aromatic heterocycles. The van der Waals surface area contributed by atoms with E-state index in [0.717, 1.165) is 28.8 Å². The molecule has 7 heteroatoms. The second-order valence-corrected chi connectivity index (χ2v) is 9.70. The molecule has 1 aliphatic rings. The SMILES string of the molecule is c1csc(Cc2nnc(SCc3ccc(-n4cccn4)cc3)n2C2CCCCC2)c1. The lowest BCUT2D eigenvalue weighted by Gasteiger charge is -2.25. The van der Waals surface area contributed by atoms with Crippen LogP contribution < -0.4 is 0 Å². The molecule has 1 saturated carbocycles. The minimum Gasteiger partial charge on any atom is -0.303 e. The van der Waals surface area contributed by atoms with Crippen LogP contribution in [0.25, 0.3) is 5.69 Å². The number of benzene rings is 1. The van der Waals surface area contributed by atoms with Crippen molar-refractivity contribution in [2.45, 2.75) is 55.5 Å². The van der Waals surface area contributed by atoms with Crippen LogP contribution in [0.15, 0.2) is 65.4 Å². The average molecular weight is 436 g/mol. The fraction of sp³-hybridized carbons (Fsp3) is 0.348. The number of nitrogens with zero attached hydrogens (tertiary/aromatic N) is 5. The van der Waals surface area contributed by atoms with Gasteiger partial charge in [-0.3, -0.25) is 0 Å². The van der Waals surface area contributed by atoms with Crippen molar-refractivity contribution in [3.63, 3.8) is 0 Å². The maximum absolute atomic E-state index is 4.61. The molecule has 1 aromatic carbocycles. The van der Waals surface area contributed by atoms with E-state index in [1.807, 2.05) is 16.9 Å². The molecule has 0 atom stereocenters. The Morgan fingerprint density at radius 2 is 1.87 bits per heavy atom. The van der Waals surface area contributed by atoms with E-state index in [4.69, 9.17) is 0 Å². The third-order valence-electron chi connectivity index (χ3n) is 5.66. The summed E-state index contributed by atoms with van der Waals surface area (Å²) in [6.07, 6.45) is 11.1. The first-order valence-corrected chi connectivity index (χ1v) is 12.4. The summed E-state index contributed by atoms with van der Waals surface area (Å²) in [5.41, 5.74) is 2.37. The lowest BCUT2D eigenvalue weighted by atomic mass is 9.95. The van der Waals surface area contributed by atoms with Crippen LogP contribution in [-0.2, 0) is 12.2 Å². The monoisotopic (exact) mass is 435 g/mol. The number of hydrogen-bond acceptors (Lipinski definition) is 5. The maximum atomic E-state index is 4.61. The summed E-state index contributed by atoms with van der Waals surface area (Å²) in [5.74, 6) is 2.00. The molecule has 4 aromatic rings. The molecular weight excluding hydrogens is 410 g/mol. The van der Waals surface area contributed by atoms with Crippen molar-refractivity contribution < 1.29 is 0 Å². The third kappa shape index (κ3) is 4.37. The van der Waals surface area contributed by atoms with Gasteiger partial charge >= 0.3 is 0 Å². The van der Waals surface area contributed by atoms with E-state index < -0.39 is 0 Å². The summed E-state index contributed by atoms with van der Waals surface area (Å²) < 4.78 is 4.33. The Morgan fingerprint density at radius 3 is 2.60 bits per heavy atom. The van der Waals surface area contributed by atoms with E-state index in [9.17, 15) is 0 Å². The minimum absolute atomic E-state index is 0.536. The van der Waals surface area contributed by atoms with Crippen molar-refractivity contribution in [3.05, 3.63) is 76.5 Å². The summed E-state index contributed by atoms with van der Waals surface area (Å²) >= 11 is 3.60. The summed E-state index contributed by atoms with van der Waals surface area (Å²) in [4.78, 5) is 1.35. The number of thiophene rings is 1. The van der Waals surface area contributed by atoms with E-state index in [1.54, 1.807) is 29.3 Å². The Hall–Kier alpha value is -2.38. The van der Waals surface area contributed by atoms with Crippen LogP contribution in [0.5, 0.6) is 0 Å². The largest absolute Gasteiger partial charge is 0.303 e. The van der Waals surface area contributed by atoms with Gasteiger partial charge in [0, 0.05) is 35.5 Å². The average Bonchev–Trinajstić information content (AvgIpc) is 3.56. The Bertz CT molecular complexity index is 1050. The Kier molecular flexibility index (Phi) is 5.99. The Balaban J connectivity index is 1.33. The molecule has 1 fully saturated rings. The lowest BCUT2D eigenvalue weighted by molar-refractivity contribution is 0.330. The molecule has 154 valence electrons. The van der Waals surface area contributed by atoms with Crippen LogP contribution in [-0.4, -0.2) is 24.5 Å². The number of thioether (sulfide) groups is 1. The minimum atomic E-state index is 0.536. The predicted octanol–water partition coefficient (Wildman–Crippen LogP) is 5.91. The first-order chi connectivity index (χ1) is 14.9. The fourth-order valence-electron chi connectivity index (χ4n) is 4.12. The smallest absolute Gasteiger partial charge is 0.191 e. The van der Waals surface area contributed by atoms with Crippen LogP contribution >= 0.6 is 23.1 Å². The number of hydrogen-bond donors (Lipinski definition) is 0. The van der Waals surface area contributed by atoms with Crippen molar-refractivity contribution in [3.8, 4) is 5.69 Å². The van der Waals surface area contributed by atoms with Gasteiger partial charge in [-0.25, -0.2) is 4.68 Å². The molecule has 5 rings (SSSR count). The topological polar surface area (TPSA) is 48.5 Å². The highest BCUT2D eigenvalue weighted by molar-refractivity contribution is 7.98. The quantitative estimate of drug-likeness (QED) is 0.338. The zero-order valence-electron chi connectivity index (χ0n) is 16.9. The molecule has 0 amide bonds. The Labute approximate surface area is 185 Å². The van der Waals surface area contributed by atoms with Gasteiger partial charge in [-0.1, -0.05) is 49.2 Å². The molecule has 0 spiro atoms. The second-order valence-electron chi connectivity index (χ2n) is 7.72. The van der Waals surface area contributed by atoms with Gasteiger partial charge in [0.1, 0.15) is 5.82 Å². The Morgan fingerprint density at radius 1 is 1.00 bits per heavy atom. The van der Waals surface area contributed by atoms with Crippen molar-refractivity contribution >= 4 is 23.1 Å². The molecule has 0 aliphatic heterocycles. The molecule has 1 aliphatic carbocycles. The molecule has 0 unspecified atom stereocenters. The highest BCUT2D eigenvalue weighted by Crippen LogP contribution is 2.34. The molecule has 0 saturated heterocycles. The van der Waals surface area contributed by atoms with Crippen molar-refractivity contribution in [1.29, 1.82) is 0 Å². The van der Waals surface area contributed by atoms with Gasteiger partial charge in [0.2, 0.25) is 0 Å². The van der Waals surface area contributed by atoms with Gasteiger partial charge in [-0.05, 0) is 48.1 Å². The van der Waals surface area contributed by atoms with Gasteiger partial charge in [0.15, 0.2) is 5.16 Å². The fourth-order valence-corrected chi connectivity index (χ4v) is 5.80. The van der Waals surface area contributed by atoms with Crippen LogP contribution in [0, 0.1) is 0 Å². The van der Waals surface area contributed by atoms with E-state index in [2.05, 4.69) is 61.6 Å². The van der Waals surface area contributed by atoms with Crippen molar-refractivity contribution in [2.24, 2.45) is 0 Å². The summed E-state index contributed by atoms with van der Waals surface area (Å²) in [5, 5.41) is 16.7. The molecule has 30 heavy (non-hydrogen) atoms. The van der Waals surface area contributed by atoms with Crippen LogP contribution in [0.2, 0.25) is 0 Å². The summed E-state index contributed by atoms with van der Waals surface area (Å²) in [6.45, 7) is 0. The maximum Gasteiger partial charge on any atom is 0.191 e. The molecular formula is C23H25N5S2. The molecule has 3 heterocycles. The highest BCUT2D eigenvalue weighted by Gasteiger charge is 2.23. The van der Waals surface area contributed by atoms with Crippen LogP contribution in [0.3, 0.4) is 0 Å². The zero-order valence-corrected chi connectivity index (χ0v) is 18.5. The van der Waals surface area contributed by atoms with Crippen LogP contribution in [0.1, 0.15) is 54.4 Å². The zero-order chi connectivity index (χ0) is 20.2. The van der Waals surface area contributed by atoms with Gasteiger partial charge < -0.3 is 4.57 Å². The van der Waals surface area contributed by atoms with E-state index >= 15 is 0 Å². The van der Waals surface area contributed by atoms with Crippen LogP contribution in [0.4, 0.5) is 0 Å². The first-order valence-electron chi connectivity index (χ1n) is 10.5. The van der Waals surface area contributed by atoms with Gasteiger partial charge in [0.05, 0.1) is 5.69 Å². The predicted molar refractivity (Wildman–Crippen MR) is 122 cm³/mol. The van der Waals surface area contributed by atoms with Gasteiger partial charge in [0.25, 0.3) is 0 Å². The first kappa shape index (κ1) is 19.6. The number of aromatic nitrogens is 5. The van der Waals surface area contributed by atoms with E-state index in [-0.39, 0.29) is 0 Å². The van der Waals surface area contributed by atoms with Crippen molar-refractivity contribution in [2.75, 3.05) is 0 Å². The number of rotatable bonds is 7. The van der Waals surface area contributed by atoms with E-state index in [0.29, 0.717) is 6.04 Å². The summed E-state index contributed by atoms with van der Waals surface area (Å²) in [7, 11) is 0.